The number of benzene rings is 1. The van der Waals surface area contributed by atoms with Crippen molar-refractivity contribution in [1.82, 2.24) is 5.32 Å². The zero-order chi connectivity index (χ0) is 15.2. The van der Waals surface area contributed by atoms with Crippen molar-refractivity contribution < 1.29 is 22.3 Å². The van der Waals surface area contributed by atoms with Crippen LogP contribution in [0.4, 0.5) is 17.6 Å². The first-order chi connectivity index (χ1) is 9.40. The minimum atomic E-state index is -4.51. The maximum absolute atomic E-state index is 13.3. The van der Waals surface area contributed by atoms with Crippen molar-refractivity contribution >= 4 is 0 Å². The number of hydrogen-bond donors (Lipinski definition) is 1. The van der Waals surface area contributed by atoms with Gasteiger partial charge >= 0.3 is 6.18 Å². The first-order valence-corrected chi connectivity index (χ1v) is 6.57. The van der Waals surface area contributed by atoms with Crippen LogP contribution >= 0.6 is 0 Å². The van der Waals surface area contributed by atoms with Crippen molar-refractivity contribution in [3.63, 3.8) is 0 Å². The fraction of sp³-hybridized carbons (Fsp3) is 0.571. The molecule has 0 aromatic heterocycles. The Bertz CT molecular complexity index is 412. The molecule has 114 valence electrons. The summed E-state index contributed by atoms with van der Waals surface area (Å²) in [5, 5.41) is 2.97. The van der Waals surface area contributed by atoms with E-state index in [2.05, 4.69) is 5.32 Å². The molecule has 0 aliphatic rings. The molecule has 2 nitrogen and oxygen atoms in total. The molecular weight excluding hydrogens is 274 g/mol. The molecule has 1 aromatic rings. The summed E-state index contributed by atoms with van der Waals surface area (Å²) in [7, 11) is 0. The lowest BCUT2D eigenvalue weighted by molar-refractivity contribution is -0.138. The third kappa shape index (κ3) is 4.76. The molecule has 1 rings (SSSR count). The van der Waals surface area contributed by atoms with Gasteiger partial charge in [0, 0.05) is 6.61 Å². The van der Waals surface area contributed by atoms with Crippen molar-refractivity contribution in [2.45, 2.75) is 32.5 Å². The highest BCUT2D eigenvalue weighted by Gasteiger charge is 2.35. The molecule has 6 heteroatoms. The van der Waals surface area contributed by atoms with Gasteiger partial charge in [-0.1, -0.05) is 6.92 Å². The molecule has 0 saturated carbocycles. The van der Waals surface area contributed by atoms with Crippen molar-refractivity contribution in [1.29, 1.82) is 0 Å². The van der Waals surface area contributed by atoms with Crippen LogP contribution in [0.15, 0.2) is 18.2 Å². The Hall–Kier alpha value is -1.14. The Morgan fingerprint density at radius 1 is 1.25 bits per heavy atom. The van der Waals surface area contributed by atoms with Crippen LogP contribution in [0.5, 0.6) is 0 Å². The van der Waals surface area contributed by atoms with E-state index in [4.69, 9.17) is 4.74 Å². The molecule has 0 aliphatic carbocycles. The zero-order valence-electron chi connectivity index (χ0n) is 11.6. The monoisotopic (exact) mass is 293 g/mol. The molecule has 0 spiro atoms. The molecule has 0 radical (unpaired) electrons. The molecule has 1 unspecified atom stereocenters. The van der Waals surface area contributed by atoms with Gasteiger partial charge in [0.05, 0.1) is 18.2 Å². The minimum absolute atomic E-state index is 0.0725. The lowest BCUT2D eigenvalue weighted by Gasteiger charge is -2.22. The number of ether oxygens (including phenoxy) is 1. The van der Waals surface area contributed by atoms with E-state index < -0.39 is 23.6 Å². The van der Waals surface area contributed by atoms with Crippen LogP contribution < -0.4 is 5.32 Å². The molecule has 0 bridgehead atoms. The summed E-state index contributed by atoms with van der Waals surface area (Å²) in [5.41, 5.74) is -0.938. The van der Waals surface area contributed by atoms with Gasteiger partial charge in [-0.25, -0.2) is 4.39 Å². The van der Waals surface area contributed by atoms with Gasteiger partial charge in [-0.3, -0.25) is 0 Å². The van der Waals surface area contributed by atoms with Crippen molar-refractivity contribution in [3.05, 3.63) is 35.1 Å². The molecule has 0 saturated heterocycles. The average molecular weight is 293 g/mol. The van der Waals surface area contributed by atoms with Gasteiger partial charge in [-0.05, 0) is 43.7 Å². The largest absolute Gasteiger partial charge is 0.416 e. The van der Waals surface area contributed by atoms with Crippen molar-refractivity contribution in [2.24, 2.45) is 0 Å². The van der Waals surface area contributed by atoms with Crippen LogP contribution in [0.25, 0.3) is 0 Å². The van der Waals surface area contributed by atoms with E-state index >= 15 is 0 Å². The van der Waals surface area contributed by atoms with Crippen molar-refractivity contribution in [3.8, 4) is 0 Å². The van der Waals surface area contributed by atoms with Gasteiger partial charge in [-0.15, -0.1) is 0 Å². The van der Waals surface area contributed by atoms with Gasteiger partial charge in [0.25, 0.3) is 0 Å². The van der Waals surface area contributed by atoms with Crippen LogP contribution in [0, 0.1) is 5.82 Å². The lowest BCUT2D eigenvalue weighted by atomic mass is 9.99. The second kappa shape index (κ2) is 7.59. The molecule has 1 aromatic carbocycles. The number of halogens is 4. The topological polar surface area (TPSA) is 21.3 Å². The molecule has 0 amide bonds. The SMILES string of the molecule is CCCNC(COCC)c1cc(F)ccc1C(F)(F)F. The molecule has 0 fully saturated rings. The minimum Gasteiger partial charge on any atom is -0.380 e. The molecule has 20 heavy (non-hydrogen) atoms. The van der Waals surface area contributed by atoms with Gasteiger partial charge in [-0.2, -0.15) is 13.2 Å². The highest BCUT2D eigenvalue weighted by molar-refractivity contribution is 5.33. The van der Waals surface area contributed by atoms with E-state index in [1.54, 1.807) is 6.92 Å². The van der Waals surface area contributed by atoms with Gasteiger partial charge in [0.2, 0.25) is 0 Å². The van der Waals surface area contributed by atoms with E-state index in [0.717, 1.165) is 24.6 Å². The first-order valence-electron chi connectivity index (χ1n) is 6.57. The average Bonchev–Trinajstić information content (AvgIpc) is 2.37. The number of nitrogens with one attached hydrogen (secondary N) is 1. The highest BCUT2D eigenvalue weighted by Crippen LogP contribution is 2.35. The standard InChI is InChI=1S/C14H19F4NO/c1-3-7-19-13(9-20-4-2)11-8-10(15)5-6-12(11)14(16,17)18/h5-6,8,13,19H,3-4,7,9H2,1-2H3. The van der Waals surface area contributed by atoms with E-state index in [9.17, 15) is 17.6 Å². The van der Waals surface area contributed by atoms with Crippen LogP contribution in [-0.4, -0.2) is 19.8 Å². The summed E-state index contributed by atoms with van der Waals surface area (Å²) in [4.78, 5) is 0. The Morgan fingerprint density at radius 2 is 1.95 bits per heavy atom. The predicted molar refractivity (Wildman–Crippen MR) is 68.9 cm³/mol. The summed E-state index contributed by atoms with van der Waals surface area (Å²) in [6.07, 6.45) is -3.75. The zero-order valence-corrected chi connectivity index (χ0v) is 11.6. The predicted octanol–water partition coefficient (Wildman–Crippen LogP) is 3.92. The molecule has 1 N–H and O–H groups in total. The van der Waals surface area contributed by atoms with Crippen LogP contribution in [0.3, 0.4) is 0 Å². The number of rotatable bonds is 7. The Labute approximate surface area is 116 Å². The highest BCUT2D eigenvalue weighted by atomic mass is 19.4. The molecule has 1 atom stereocenters. The third-order valence-corrected chi connectivity index (χ3v) is 2.82. The van der Waals surface area contributed by atoms with E-state index in [0.29, 0.717) is 13.2 Å². The third-order valence-electron chi connectivity index (χ3n) is 2.82. The maximum atomic E-state index is 13.3. The van der Waals surface area contributed by atoms with Gasteiger partial charge < -0.3 is 10.1 Å². The van der Waals surface area contributed by atoms with Gasteiger partial charge in [0.1, 0.15) is 5.82 Å². The number of hydrogen-bond acceptors (Lipinski definition) is 2. The fourth-order valence-electron chi connectivity index (χ4n) is 1.89. The van der Waals surface area contributed by atoms with Crippen LogP contribution in [-0.2, 0) is 10.9 Å². The van der Waals surface area contributed by atoms with Crippen molar-refractivity contribution in [2.75, 3.05) is 19.8 Å². The second-order valence-corrected chi connectivity index (χ2v) is 4.40. The summed E-state index contributed by atoms with van der Waals surface area (Å²) in [5.74, 6) is -0.687. The van der Waals surface area contributed by atoms with Gasteiger partial charge in [0.15, 0.2) is 0 Å². The van der Waals surface area contributed by atoms with E-state index in [-0.39, 0.29) is 12.2 Å². The quantitative estimate of drug-likeness (QED) is 0.769. The molecule has 0 heterocycles. The summed E-state index contributed by atoms with van der Waals surface area (Å²) < 4.78 is 57.5. The number of alkyl halides is 3. The smallest absolute Gasteiger partial charge is 0.380 e. The van der Waals surface area contributed by atoms with E-state index in [1.165, 1.54) is 0 Å². The summed E-state index contributed by atoms with van der Waals surface area (Å²) >= 11 is 0. The maximum Gasteiger partial charge on any atom is 0.416 e. The second-order valence-electron chi connectivity index (χ2n) is 4.40. The fourth-order valence-corrected chi connectivity index (χ4v) is 1.89. The van der Waals surface area contributed by atoms with Crippen LogP contribution in [0.2, 0.25) is 0 Å². The van der Waals surface area contributed by atoms with Crippen LogP contribution in [0.1, 0.15) is 37.4 Å². The summed E-state index contributed by atoms with van der Waals surface area (Å²) in [6.45, 7) is 4.66. The lowest BCUT2D eigenvalue weighted by Crippen LogP contribution is -2.28. The Morgan fingerprint density at radius 3 is 2.50 bits per heavy atom. The first kappa shape index (κ1) is 16.9. The Balaban J connectivity index is 3.12. The molecule has 0 aliphatic heterocycles. The normalized spacial score (nSPS) is 13.5. The Kier molecular flexibility index (Phi) is 6.42. The van der Waals surface area contributed by atoms with E-state index in [1.807, 2.05) is 6.92 Å². The summed E-state index contributed by atoms with van der Waals surface area (Å²) in [6, 6.07) is 1.85. The molecular formula is C14H19F4NO.